The van der Waals surface area contributed by atoms with Crippen LogP contribution in [0.3, 0.4) is 0 Å². The van der Waals surface area contributed by atoms with Crippen LogP contribution in [0.25, 0.3) is 32.4 Å². The number of benzene rings is 2. The molecule has 3 aromatic heterocycles. The van der Waals surface area contributed by atoms with E-state index in [0.717, 1.165) is 36.0 Å². The van der Waals surface area contributed by atoms with Gasteiger partial charge in [0.1, 0.15) is 17.8 Å². The molecule has 0 unspecified atom stereocenters. The summed E-state index contributed by atoms with van der Waals surface area (Å²) in [5, 5.41) is 9.75. The third kappa shape index (κ3) is 4.10. The normalized spacial score (nSPS) is 16.8. The third-order valence-corrected chi connectivity index (χ3v) is 8.44. The Morgan fingerprint density at radius 3 is 2.92 bits per heavy atom. The minimum absolute atomic E-state index is 0.0314. The SMILES string of the molecule is CC=CN1CCC[C@@H](n2nc(-c3ccc(NC(=O)c4cc5ccccc5s4)c4c3OCO4)c3c(N)ncnc32)C1. The van der Waals surface area contributed by atoms with Gasteiger partial charge in [0, 0.05) is 23.4 Å². The predicted molar refractivity (Wildman–Crippen MR) is 156 cm³/mol. The molecule has 0 saturated carbocycles. The van der Waals surface area contributed by atoms with E-state index in [4.69, 9.17) is 20.3 Å². The standard InChI is InChI=1S/C29H27N7O3S/c1-2-11-35-12-5-7-18(14-35)36-28-23(27(30)31-15-32-28)24(34-36)19-9-10-20(26-25(19)38-16-39-26)33-29(37)22-13-17-6-3-4-8-21(17)40-22/h2-4,6,8-11,13,15,18H,5,7,12,14,16H2,1H3,(H,33,37)(H2,30,31,32)/t18-/m1/s1. The number of ether oxygens (including phenoxy) is 2. The number of nitrogens with one attached hydrogen (secondary N) is 1. The fourth-order valence-corrected chi connectivity index (χ4v) is 6.48. The number of hydrogen-bond donors (Lipinski definition) is 2. The number of aromatic nitrogens is 4. The lowest BCUT2D eigenvalue weighted by atomic mass is 10.1. The van der Waals surface area contributed by atoms with Crippen molar-refractivity contribution in [1.29, 1.82) is 0 Å². The van der Waals surface area contributed by atoms with Crippen molar-refractivity contribution in [1.82, 2.24) is 24.6 Å². The number of hydrogen-bond acceptors (Lipinski definition) is 9. The highest BCUT2D eigenvalue weighted by Crippen LogP contribution is 2.48. The summed E-state index contributed by atoms with van der Waals surface area (Å²) < 4.78 is 14.8. The van der Waals surface area contributed by atoms with Crippen molar-refractivity contribution in [2.24, 2.45) is 0 Å². The smallest absolute Gasteiger partial charge is 0.265 e. The number of nitrogens with zero attached hydrogens (tertiary/aromatic N) is 5. The highest BCUT2D eigenvalue weighted by atomic mass is 32.1. The van der Waals surface area contributed by atoms with Crippen LogP contribution in [0.5, 0.6) is 11.5 Å². The number of allylic oxidation sites excluding steroid dienone is 1. The lowest BCUT2D eigenvalue weighted by Crippen LogP contribution is -2.33. The molecule has 1 amide bonds. The van der Waals surface area contributed by atoms with Gasteiger partial charge in [0.15, 0.2) is 17.1 Å². The van der Waals surface area contributed by atoms with Gasteiger partial charge in [-0.25, -0.2) is 14.6 Å². The van der Waals surface area contributed by atoms with Crippen LogP contribution in [-0.4, -0.2) is 50.4 Å². The molecule has 0 spiro atoms. The van der Waals surface area contributed by atoms with E-state index in [9.17, 15) is 4.79 Å². The van der Waals surface area contributed by atoms with Crippen LogP contribution in [0, 0.1) is 0 Å². The molecule has 0 radical (unpaired) electrons. The first-order valence-electron chi connectivity index (χ1n) is 13.2. The monoisotopic (exact) mass is 553 g/mol. The molecule has 0 aliphatic carbocycles. The Morgan fingerprint density at radius 1 is 1.18 bits per heavy atom. The Morgan fingerprint density at radius 2 is 2.05 bits per heavy atom. The molecule has 5 heterocycles. The van der Waals surface area contributed by atoms with E-state index in [0.29, 0.717) is 50.2 Å². The average Bonchev–Trinajstić information content (AvgIpc) is 3.71. The first-order valence-corrected chi connectivity index (χ1v) is 14.0. The van der Waals surface area contributed by atoms with Crippen molar-refractivity contribution in [3.8, 4) is 22.8 Å². The topological polar surface area (TPSA) is 120 Å². The van der Waals surface area contributed by atoms with Gasteiger partial charge in [-0.2, -0.15) is 5.10 Å². The number of rotatable bonds is 5. The molecular weight excluding hydrogens is 526 g/mol. The molecule has 202 valence electrons. The predicted octanol–water partition coefficient (Wildman–Crippen LogP) is 5.44. The van der Waals surface area contributed by atoms with E-state index in [1.807, 2.05) is 54.1 Å². The van der Waals surface area contributed by atoms with E-state index < -0.39 is 0 Å². The van der Waals surface area contributed by atoms with E-state index in [-0.39, 0.29) is 18.7 Å². The Hall–Kier alpha value is -4.64. The molecule has 0 bridgehead atoms. The van der Waals surface area contributed by atoms with Crippen molar-refractivity contribution < 1.29 is 14.3 Å². The molecular formula is C29H27N7O3S. The van der Waals surface area contributed by atoms with Gasteiger partial charge in [0.25, 0.3) is 5.91 Å². The van der Waals surface area contributed by atoms with Crippen molar-refractivity contribution in [3.63, 3.8) is 0 Å². The molecule has 40 heavy (non-hydrogen) atoms. The minimum Gasteiger partial charge on any atom is -0.453 e. The zero-order valence-corrected chi connectivity index (χ0v) is 22.6. The van der Waals surface area contributed by atoms with Gasteiger partial charge < -0.3 is 25.4 Å². The highest BCUT2D eigenvalue weighted by molar-refractivity contribution is 7.20. The average molecular weight is 554 g/mol. The van der Waals surface area contributed by atoms with Crippen molar-refractivity contribution in [2.45, 2.75) is 25.8 Å². The second-order valence-electron chi connectivity index (χ2n) is 9.85. The van der Waals surface area contributed by atoms with E-state index in [2.05, 4.69) is 32.5 Å². The number of carbonyl (C=O) groups excluding carboxylic acids is 1. The van der Waals surface area contributed by atoms with Crippen LogP contribution in [-0.2, 0) is 0 Å². The Labute approximate surface area is 234 Å². The molecule has 3 N–H and O–H groups in total. The van der Waals surface area contributed by atoms with Gasteiger partial charge in [-0.15, -0.1) is 11.3 Å². The molecule has 1 fully saturated rings. The van der Waals surface area contributed by atoms with Crippen molar-refractivity contribution in [2.75, 3.05) is 30.9 Å². The second-order valence-corrected chi connectivity index (χ2v) is 10.9. The van der Waals surface area contributed by atoms with Crippen LogP contribution >= 0.6 is 11.3 Å². The van der Waals surface area contributed by atoms with Crippen molar-refractivity contribution in [3.05, 3.63) is 65.9 Å². The van der Waals surface area contributed by atoms with Gasteiger partial charge >= 0.3 is 0 Å². The number of likely N-dealkylation sites (tertiary alicyclic amines) is 1. The molecule has 10 nitrogen and oxygen atoms in total. The summed E-state index contributed by atoms with van der Waals surface area (Å²) in [7, 11) is 0. The molecule has 11 heteroatoms. The maximum Gasteiger partial charge on any atom is 0.265 e. The van der Waals surface area contributed by atoms with Crippen LogP contribution in [0.4, 0.5) is 11.5 Å². The van der Waals surface area contributed by atoms with Crippen LogP contribution in [0.15, 0.2) is 61.1 Å². The summed E-state index contributed by atoms with van der Waals surface area (Å²) >= 11 is 1.45. The maximum absolute atomic E-state index is 13.2. The van der Waals surface area contributed by atoms with E-state index >= 15 is 0 Å². The Balaban J connectivity index is 1.27. The zero-order chi connectivity index (χ0) is 27.2. The van der Waals surface area contributed by atoms with Crippen LogP contribution in [0.2, 0.25) is 0 Å². The summed E-state index contributed by atoms with van der Waals surface area (Å²) in [6.45, 7) is 3.89. The molecule has 5 aromatic rings. The number of carbonyl (C=O) groups is 1. The molecule has 7 rings (SSSR count). The van der Waals surface area contributed by atoms with Gasteiger partial charge in [0.2, 0.25) is 6.79 Å². The number of amides is 1. The quantitative estimate of drug-likeness (QED) is 0.295. The molecule has 2 aromatic carbocycles. The Kier molecular flexibility index (Phi) is 6.00. The second kappa shape index (κ2) is 9.83. The van der Waals surface area contributed by atoms with Crippen LogP contribution in [0.1, 0.15) is 35.5 Å². The number of nitrogen functional groups attached to an aromatic ring is 1. The summed E-state index contributed by atoms with van der Waals surface area (Å²) in [6, 6.07) is 13.6. The third-order valence-electron chi connectivity index (χ3n) is 7.32. The molecule has 1 atom stereocenters. The number of nitrogens with two attached hydrogens (primary N) is 1. The highest BCUT2D eigenvalue weighted by Gasteiger charge is 2.30. The molecule has 2 aliphatic heterocycles. The Bertz CT molecular complexity index is 1760. The van der Waals surface area contributed by atoms with E-state index in [1.165, 1.54) is 17.7 Å². The molecule has 2 aliphatic rings. The van der Waals surface area contributed by atoms with Gasteiger partial charge in [0.05, 0.1) is 22.0 Å². The number of thiophene rings is 1. The lowest BCUT2D eigenvalue weighted by Gasteiger charge is -2.32. The fourth-order valence-electron chi connectivity index (χ4n) is 5.53. The van der Waals surface area contributed by atoms with Crippen LogP contribution < -0.4 is 20.5 Å². The van der Waals surface area contributed by atoms with Gasteiger partial charge in [-0.1, -0.05) is 24.3 Å². The molecule has 1 saturated heterocycles. The number of fused-ring (bicyclic) bond motifs is 3. The lowest BCUT2D eigenvalue weighted by molar-refractivity contribution is 0.102. The summed E-state index contributed by atoms with van der Waals surface area (Å²) in [5.74, 6) is 1.11. The van der Waals surface area contributed by atoms with Gasteiger partial charge in [-0.05, 0) is 55.6 Å². The number of piperidine rings is 1. The summed E-state index contributed by atoms with van der Waals surface area (Å²) in [4.78, 5) is 24.9. The number of anilines is 2. The summed E-state index contributed by atoms with van der Waals surface area (Å²) in [5.41, 5.74) is 8.94. The zero-order valence-electron chi connectivity index (χ0n) is 21.8. The van der Waals surface area contributed by atoms with E-state index in [1.54, 1.807) is 0 Å². The van der Waals surface area contributed by atoms with Gasteiger partial charge in [-0.3, -0.25) is 4.79 Å². The minimum atomic E-state index is -0.206. The van der Waals surface area contributed by atoms with Crippen molar-refractivity contribution >= 4 is 49.9 Å². The summed E-state index contributed by atoms with van der Waals surface area (Å²) in [6.07, 6.45) is 7.67. The largest absolute Gasteiger partial charge is 0.453 e. The maximum atomic E-state index is 13.2. The first-order chi connectivity index (χ1) is 19.6. The first kappa shape index (κ1) is 24.4. The fraction of sp³-hybridized carbons (Fsp3) is 0.241.